The highest BCUT2D eigenvalue weighted by Gasteiger charge is 2.33. The second-order valence-corrected chi connectivity index (χ2v) is 8.24. The van der Waals surface area contributed by atoms with E-state index in [1.807, 2.05) is 0 Å². The molecule has 150 valence electrons. The Balaban J connectivity index is 1.76. The molecule has 4 rings (SSSR count). The average Bonchev–Trinajstić information content (AvgIpc) is 2.71. The van der Waals surface area contributed by atoms with Crippen LogP contribution >= 0.6 is 0 Å². The Morgan fingerprint density at radius 1 is 0.833 bits per heavy atom. The molecule has 0 fully saturated rings. The van der Waals surface area contributed by atoms with Crippen molar-refractivity contribution in [3.05, 3.63) is 88.5 Å². The maximum Gasteiger partial charge on any atom is 0.255 e. The lowest BCUT2D eigenvalue weighted by Gasteiger charge is -2.21. The predicted molar refractivity (Wildman–Crippen MR) is 110 cm³/mol. The molecule has 0 spiro atoms. The number of anilines is 2. The van der Waals surface area contributed by atoms with Crippen LogP contribution in [0.3, 0.4) is 0 Å². The molecule has 0 unspecified atom stereocenters. The summed E-state index contributed by atoms with van der Waals surface area (Å²) in [6.45, 7) is 0. The Bertz CT molecular complexity index is 1360. The number of carbonyl (C=O) groups excluding carboxylic acids is 3. The van der Waals surface area contributed by atoms with Crippen LogP contribution in [0.1, 0.15) is 42.2 Å². The number of nitrogens with one attached hydrogen (secondary N) is 1. The summed E-state index contributed by atoms with van der Waals surface area (Å²) in [5.74, 6) is -1.52. The van der Waals surface area contributed by atoms with E-state index in [0.29, 0.717) is 0 Å². The maximum atomic E-state index is 13.1. The normalized spacial score (nSPS) is 12.8. The number of rotatable bonds is 3. The molecule has 0 radical (unpaired) electrons. The van der Waals surface area contributed by atoms with Crippen LogP contribution in [-0.2, 0) is 10.0 Å². The van der Waals surface area contributed by atoms with Gasteiger partial charge in [0.1, 0.15) is 0 Å². The molecule has 0 atom stereocenters. The first-order chi connectivity index (χ1) is 14.2. The third-order valence-electron chi connectivity index (χ3n) is 4.78. The molecule has 9 heteroatoms. The van der Waals surface area contributed by atoms with E-state index >= 15 is 0 Å². The van der Waals surface area contributed by atoms with Gasteiger partial charge >= 0.3 is 0 Å². The number of fused-ring (bicyclic) bond motifs is 2. The van der Waals surface area contributed by atoms with Gasteiger partial charge in [0.05, 0.1) is 21.7 Å². The first-order valence-corrected chi connectivity index (χ1v) is 10.3. The first kappa shape index (κ1) is 19.5. The molecule has 0 aliphatic heterocycles. The van der Waals surface area contributed by atoms with Crippen LogP contribution in [0.2, 0.25) is 0 Å². The number of carbonyl (C=O) groups is 3. The molecule has 1 aliphatic carbocycles. The summed E-state index contributed by atoms with van der Waals surface area (Å²) in [5.41, 5.74) is 6.72. The van der Waals surface area contributed by atoms with Crippen molar-refractivity contribution in [1.29, 1.82) is 0 Å². The van der Waals surface area contributed by atoms with Crippen molar-refractivity contribution in [3.8, 4) is 0 Å². The lowest BCUT2D eigenvalue weighted by Crippen LogP contribution is -2.25. The summed E-state index contributed by atoms with van der Waals surface area (Å²) >= 11 is 0. The number of nitrogen functional groups attached to an aromatic ring is 1. The van der Waals surface area contributed by atoms with Crippen molar-refractivity contribution in [2.75, 3.05) is 11.1 Å². The molecule has 0 bridgehead atoms. The second kappa shape index (κ2) is 6.90. The fourth-order valence-electron chi connectivity index (χ4n) is 3.38. The van der Waals surface area contributed by atoms with Gasteiger partial charge in [0.2, 0.25) is 10.0 Å². The second-order valence-electron chi connectivity index (χ2n) is 6.68. The van der Waals surface area contributed by atoms with Crippen molar-refractivity contribution < 1.29 is 22.8 Å². The van der Waals surface area contributed by atoms with Crippen molar-refractivity contribution in [3.63, 3.8) is 0 Å². The molecule has 0 heterocycles. The highest BCUT2D eigenvalue weighted by atomic mass is 32.2. The summed E-state index contributed by atoms with van der Waals surface area (Å²) in [6, 6.07) is 14.3. The van der Waals surface area contributed by atoms with Crippen LogP contribution < -0.4 is 16.2 Å². The molecule has 8 nitrogen and oxygen atoms in total. The van der Waals surface area contributed by atoms with E-state index in [1.165, 1.54) is 42.5 Å². The lowest BCUT2D eigenvalue weighted by atomic mass is 9.82. The summed E-state index contributed by atoms with van der Waals surface area (Å²) in [5, 5.41) is 7.69. The Morgan fingerprint density at radius 2 is 1.43 bits per heavy atom. The molecule has 0 saturated heterocycles. The van der Waals surface area contributed by atoms with Gasteiger partial charge in [-0.1, -0.05) is 30.3 Å². The largest absolute Gasteiger partial charge is 0.398 e. The fraction of sp³-hybridized carbons (Fsp3) is 0. The van der Waals surface area contributed by atoms with Crippen LogP contribution in [0, 0.1) is 0 Å². The summed E-state index contributed by atoms with van der Waals surface area (Å²) in [7, 11) is -3.99. The molecule has 30 heavy (non-hydrogen) atoms. The van der Waals surface area contributed by atoms with Crippen molar-refractivity contribution in [2.45, 2.75) is 4.90 Å². The summed E-state index contributed by atoms with van der Waals surface area (Å²) < 4.78 is 23.1. The monoisotopic (exact) mass is 421 g/mol. The molecule has 1 amide bonds. The van der Waals surface area contributed by atoms with Gasteiger partial charge in [0.15, 0.2) is 11.6 Å². The van der Waals surface area contributed by atoms with Gasteiger partial charge in [0, 0.05) is 22.4 Å². The molecule has 5 N–H and O–H groups in total. The lowest BCUT2D eigenvalue weighted by molar-refractivity contribution is 0.0979. The van der Waals surface area contributed by atoms with Crippen LogP contribution in [0.5, 0.6) is 0 Å². The van der Waals surface area contributed by atoms with Crippen LogP contribution in [0.15, 0.2) is 65.6 Å². The number of benzene rings is 3. The minimum Gasteiger partial charge on any atom is -0.398 e. The minimum absolute atomic E-state index is 0.0263. The number of amides is 1. The van der Waals surface area contributed by atoms with Gasteiger partial charge in [-0.05, 0) is 30.3 Å². The average molecular weight is 421 g/mol. The Morgan fingerprint density at radius 3 is 2.13 bits per heavy atom. The molecule has 0 saturated carbocycles. The van der Waals surface area contributed by atoms with Crippen LogP contribution in [0.4, 0.5) is 11.4 Å². The molecule has 3 aromatic rings. The first-order valence-electron chi connectivity index (χ1n) is 8.73. The van der Waals surface area contributed by atoms with E-state index in [1.54, 1.807) is 12.1 Å². The molecular formula is C21H15N3O5S. The van der Waals surface area contributed by atoms with Crippen LogP contribution in [0.25, 0.3) is 0 Å². The van der Waals surface area contributed by atoms with Gasteiger partial charge in [0.25, 0.3) is 5.91 Å². The minimum atomic E-state index is -3.99. The fourth-order valence-corrected chi connectivity index (χ4v) is 3.94. The smallest absolute Gasteiger partial charge is 0.255 e. The van der Waals surface area contributed by atoms with Crippen molar-refractivity contribution in [2.24, 2.45) is 5.14 Å². The van der Waals surface area contributed by atoms with Gasteiger partial charge in [-0.2, -0.15) is 0 Å². The number of sulfonamides is 1. The zero-order valence-electron chi connectivity index (χ0n) is 15.4. The number of ketones is 2. The molecule has 0 aromatic heterocycles. The number of hydrogen-bond donors (Lipinski definition) is 3. The summed E-state index contributed by atoms with van der Waals surface area (Å²) in [4.78, 5) is 38.5. The predicted octanol–water partition coefficient (Wildman–Crippen LogP) is 1.94. The van der Waals surface area contributed by atoms with Crippen molar-refractivity contribution in [1.82, 2.24) is 0 Å². The van der Waals surface area contributed by atoms with E-state index in [0.717, 1.165) is 6.07 Å². The number of nitrogens with two attached hydrogens (primary N) is 2. The molecular weight excluding hydrogens is 406 g/mol. The Hall–Kier alpha value is -3.82. The van der Waals surface area contributed by atoms with E-state index in [-0.39, 0.29) is 44.1 Å². The highest BCUT2D eigenvalue weighted by Crippen LogP contribution is 2.34. The van der Waals surface area contributed by atoms with Gasteiger partial charge in [-0.25, -0.2) is 13.6 Å². The van der Waals surface area contributed by atoms with Gasteiger partial charge in [-0.15, -0.1) is 0 Å². The molecule has 1 aliphatic rings. The van der Waals surface area contributed by atoms with E-state index in [4.69, 9.17) is 10.9 Å². The quantitative estimate of drug-likeness (QED) is 0.430. The zero-order valence-corrected chi connectivity index (χ0v) is 16.2. The van der Waals surface area contributed by atoms with E-state index in [9.17, 15) is 22.8 Å². The molecule has 3 aromatic carbocycles. The Kier molecular flexibility index (Phi) is 4.49. The zero-order chi connectivity index (χ0) is 21.6. The summed E-state index contributed by atoms with van der Waals surface area (Å²) in [6.07, 6.45) is 0. The van der Waals surface area contributed by atoms with Crippen LogP contribution in [-0.4, -0.2) is 25.9 Å². The highest BCUT2D eigenvalue weighted by molar-refractivity contribution is 7.89. The topological polar surface area (TPSA) is 149 Å². The maximum absolute atomic E-state index is 13.1. The van der Waals surface area contributed by atoms with Gasteiger partial charge in [-0.3, -0.25) is 14.4 Å². The SMILES string of the molecule is Nc1cccc2c1C(=O)c1cccc(NC(=O)c3cccc(S(N)(=O)=O)c3)c1C2=O. The van der Waals surface area contributed by atoms with Gasteiger partial charge < -0.3 is 11.1 Å². The number of hydrogen-bond acceptors (Lipinski definition) is 6. The van der Waals surface area contributed by atoms with E-state index in [2.05, 4.69) is 5.32 Å². The third-order valence-corrected chi connectivity index (χ3v) is 5.69. The Labute approximate surface area is 171 Å². The van der Waals surface area contributed by atoms with E-state index < -0.39 is 27.5 Å². The number of primary sulfonamides is 1. The standard InChI is InChI=1S/C21H15N3O5S/c22-15-8-2-6-13-17(15)19(25)14-7-3-9-16(18(14)20(13)26)24-21(27)11-4-1-5-12(10-11)30(23,28)29/h1-10H,22H2,(H,24,27)(H2,23,28,29). The third kappa shape index (κ3) is 3.15. The van der Waals surface area contributed by atoms with Crippen molar-refractivity contribution >= 4 is 38.9 Å².